The molecule has 1 aliphatic rings. The van der Waals surface area contributed by atoms with Crippen molar-refractivity contribution in [3.63, 3.8) is 0 Å². The highest BCUT2D eigenvalue weighted by atomic mass is 16.5. The van der Waals surface area contributed by atoms with E-state index in [0.717, 1.165) is 63.1 Å². The smallest absolute Gasteiger partial charge is 0.191 e. The summed E-state index contributed by atoms with van der Waals surface area (Å²) in [7, 11) is 3.50. The van der Waals surface area contributed by atoms with Crippen molar-refractivity contribution in [2.45, 2.75) is 26.1 Å². The van der Waals surface area contributed by atoms with Crippen LogP contribution in [0.15, 0.2) is 53.5 Å². The summed E-state index contributed by atoms with van der Waals surface area (Å²) in [6.45, 7) is 7.31. The largest absolute Gasteiger partial charge is 0.493 e. The van der Waals surface area contributed by atoms with Gasteiger partial charge in [-0.3, -0.25) is 9.89 Å². The van der Waals surface area contributed by atoms with Crippen molar-refractivity contribution in [2.24, 2.45) is 4.99 Å². The van der Waals surface area contributed by atoms with Crippen LogP contribution in [0.2, 0.25) is 0 Å². The average Bonchev–Trinajstić information content (AvgIpc) is 2.84. The van der Waals surface area contributed by atoms with Gasteiger partial charge in [0, 0.05) is 59.9 Å². The predicted molar refractivity (Wildman–Crippen MR) is 128 cm³/mol. The van der Waals surface area contributed by atoms with Crippen LogP contribution in [-0.2, 0) is 29.1 Å². The summed E-state index contributed by atoms with van der Waals surface area (Å²) in [6, 6.07) is 16.7. The minimum absolute atomic E-state index is 0.651. The van der Waals surface area contributed by atoms with Crippen molar-refractivity contribution in [2.75, 3.05) is 53.7 Å². The average molecular weight is 441 g/mol. The molecule has 174 valence electrons. The first-order valence-electron chi connectivity index (χ1n) is 11.3. The maximum atomic E-state index is 5.80. The number of ether oxygens (including phenoxy) is 3. The number of aliphatic imine (C=N–C) groups is 1. The minimum Gasteiger partial charge on any atom is -0.493 e. The Labute approximate surface area is 191 Å². The van der Waals surface area contributed by atoms with Gasteiger partial charge in [-0.15, -0.1) is 0 Å². The van der Waals surface area contributed by atoms with Crippen molar-refractivity contribution in [1.29, 1.82) is 0 Å². The molecule has 7 heteroatoms. The fourth-order valence-corrected chi connectivity index (χ4v) is 3.61. The van der Waals surface area contributed by atoms with Gasteiger partial charge in [0.2, 0.25) is 0 Å². The van der Waals surface area contributed by atoms with E-state index in [1.807, 2.05) is 12.1 Å². The number of benzene rings is 2. The molecule has 0 saturated carbocycles. The second kappa shape index (κ2) is 13.7. The van der Waals surface area contributed by atoms with Crippen molar-refractivity contribution in [3.05, 3.63) is 65.2 Å². The Morgan fingerprint density at radius 2 is 1.78 bits per heavy atom. The van der Waals surface area contributed by atoms with Gasteiger partial charge in [-0.1, -0.05) is 36.4 Å². The summed E-state index contributed by atoms with van der Waals surface area (Å²) in [5.41, 5.74) is 3.77. The van der Waals surface area contributed by atoms with Crippen LogP contribution in [0.1, 0.15) is 23.1 Å². The summed E-state index contributed by atoms with van der Waals surface area (Å²) in [6.07, 6.45) is 0.878. The number of nitrogens with one attached hydrogen (secondary N) is 2. The quantitative estimate of drug-likeness (QED) is 0.318. The van der Waals surface area contributed by atoms with Crippen molar-refractivity contribution < 1.29 is 14.2 Å². The number of methoxy groups -OCH3 is 1. The molecule has 0 bridgehead atoms. The van der Waals surface area contributed by atoms with E-state index in [0.29, 0.717) is 19.8 Å². The first-order chi connectivity index (χ1) is 15.8. The summed E-state index contributed by atoms with van der Waals surface area (Å²) < 4.78 is 16.3. The molecular formula is C25H36N4O3. The topological polar surface area (TPSA) is 67.4 Å². The molecule has 0 aliphatic carbocycles. The van der Waals surface area contributed by atoms with Crippen LogP contribution in [0.3, 0.4) is 0 Å². The highest BCUT2D eigenvalue weighted by Gasteiger charge is 2.12. The molecule has 0 aromatic heterocycles. The molecule has 1 aliphatic heterocycles. The molecule has 3 rings (SSSR count). The zero-order valence-corrected chi connectivity index (χ0v) is 19.3. The minimum atomic E-state index is 0.651. The standard InChI is InChI=1S/C25H36N4O3/c1-26-25(27-18-21-7-5-10-24(17-21)32-14-6-13-30-2)28-19-22-8-3-4-9-23(22)20-29-11-15-31-16-12-29/h3-5,7-10,17H,6,11-16,18-20H2,1-2H3,(H2,26,27,28). The molecule has 2 aromatic rings. The van der Waals surface area contributed by atoms with Gasteiger partial charge in [0.05, 0.1) is 19.8 Å². The Hall–Kier alpha value is -2.61. The van der Waals surface area contributed by atoms with Crippen molar-refractivity contribution >= 4 is 5.96 Å². The lowest BCUT2D eigenvalue weighted by Gasteiger charge is -2.27. The first kappa shape index (κ1) is 24.0. The SMILES string of the molecule is CN=C(NCc1cccc(OCCCOC)c1)NCc1ccccc1CN1CCOCC1. The van der Waals surface area contributed by atoms with Crippen LogP contribution >= 0.6 is 0 Å². The van der Waals surface area contributed by atoms with E-state index in [9.17, 15) is 0 Å². The zero-order chi connectivity index (χ0) is 22.4. The van der Waals surface area contributed by atoms with Gasteiger partial charge in [0.15, 0.2) is 5.96 Å². The monoisotopic (exact) mass is 440 g/mol. The van der Waals surface area contributed by atoms with Gasteiger partial charge >= 0.3 is 0 Å². The van der Waals surface area contributed by atoms with Crippen molar-refractivity contribution in [1.82, 2.24) is 15.5 Å². The summed E-state index contributed by atoms with van der Waals surface area (Å²) in [4.78, 5) is 6.82. The van der Waals surface area contributed by atoms with Crippen molar-refractivity contribution in [3.8, 4) is 5.75 Å². The molecule has 0 unspecified atom stereocenters. The Kier molecular flexibility index (Phi) is 10.3. The van der Waals surface area contributed by atoms with Gasteiger partial charge in [-0.25, -0.2) is 0 Å². The summed E-state index contributed by atoms with van der Waals surface area (Å²) >= 11 is 0. The third-order valence-electron chi connectivity index (χ3n) is 5.41. The van der Waals surface area contributed by atoms with E-state index in [-0.39, 0.29) is 0 Å². The van der Waals surface area contributed by atoms with E-state index >= 15 is 0 Å². The lowest BCUT2D eigenvalue weighted by atomic mass is 10.1. The Morgan fingerprint density at radius 1 is 1.00 bits per heavy atom. The molecule has 0 amide bonds. The number of nitrogens with zero attached hydrogens (tertiary/aromatic N) is 2. The number of hydrogen-bond acceptors (Lipinski definition) is 5. The van der Waals surface area contributed by atoms with Crippen LogP contribution < -0.4 is 15.4 Å². The van der Waals surface area contributed by atoms with E-state index in [1.165, 1.54) is 11.1 Å². The molecule has 2 aromatic carbocycles. The fourth-order valence-electron chi connectivity index (χ4n) is 3.61. The number of morpholine rings is 1. The van der Waals surface area contributed by atoms with Gasteiger partial charge in [-0.2, -0.15) is 0 Å². The lowest BCUT2D eigenvalue weighted by Crippen LogP contribution is -2.37. The van der Waals surface area contributed by atoms with E-state index in [2.05, 4.69) is 56.9 Å². The van der Waals surface area contributed by atoms with E-state index in [4.69, 9.17) is 14.2 Å². The first-order valence-corrected chi connectivity index (χ1v) is 11.3. The molecule has 7 nitrogen and oxygen atoms in total. The highest BCUT2D eigenvalue weighted by molar-refractivity contribution is 5.79. The molecule has 1 saturated heterocycles. The van der Waals surface area contributed by atoms with Crippen LogP contribution in [0.25, 0.3) is 0 Å². The lowest BCUT2D eigenvalue weighted by molar-refractivity contribution is 0.0341. The number of rotatable bonds is 11. The van der Waals surface area contributed by atoms with Gasteiger partial charge in [0.25, 0.3) is 0 Å². The number of hydrogen-bond donors (Lipinski definition) is 2. The van der Waals surface area contributed by atoms with Gasteiger partial charge < -0.3 is 24.8 Å². The van der Waals surface area contributed by atoms with E-state index < -0.39 is 0 Å². The molecule has 1 heterocycles. The summed E-state index contributed by atoms with van der Waals surface area (Å²) in [5.74, 6) is 1.65. The maximum absolute atomic E-state index is 5.80. The maximum Gasteiger partial charge on any atom is 0.191 e. The highest BCUT2D eigenvalue weighted by Crippen LogP contribution is 2.14. The van der Waals surface area contributed by atoms with E-state index in [1.54, 1.807) is 14.2 Å². The second-order valence-electron chi connectivity index (χ2n) is 7.78. The Morgan fingerprint density at radius 3 is 2.56 bits per heavy atom. The predicted octanol–water partition coefficient (Wildman–Crippen LogP) is 2.80. The fraction of sp³-hybridized carbons (Fsp3) is 0.480. The molecule has 0 spiro atoms. The van der Waals surface area contributed by atoms with Crippen LogP contribution in [0, 0.1) is 0 Å². The molecule has 1 fully saturated rings. The van der Waals surface area contributed by atoms with Gasteiger partial charge in [0.1, 0.15) is 5.75 Å². The van der Waals surface area contributed by atoms with Gasteiger partial charge in [-0.05, 0) is 28.8 Å². The third-order valence-corrected chi connectivity index (χ3v) is 5.41. The number of guanidine groups is 1. The summed E-state index contributed by atoms with van der Waals surface area (Å²) in [5, 5.41) is 6.84. The van der Waals surface area contributed by atoms with Crippen LogP contribution in [0.4, 0.5) is 0 Å². The molecular weight excluding hydrogens is 404 g/mol. The molecule has 2 N–H and O–H groups in total. The molecule has 32 heavy (non-hydrogen) atoms. The third kappa shape index (κ3) is 8.15. The Balaban J connectivity index is 1.48. The molecule has 0 radical (unpaired) electrons. The zero-order valence-electron chi connectivity index (χ0n) is 19.3. The van der Waals surface area contributed by atoms with Crippen LogP contribution in [-0.4, -0.2) is 64.5 Å². The second-order valence-corrected chi connectivity index (χ2v) is 7.78. The van der Waals surface area contributed by atoms with Crippen LogP contribution in [0.5, 0.6) is 5.75 Å². The normalized spacial score (nSPS) is 14.9. The molecule has 0 atom stereocenters. The Bertz CT molecular complexity index is 837.